The number of rotatable bonds is 9. The molecule has 7 heteroatoms. The number of carbonyl (C=O) groups is 2. The van der Waals surface area contributed by atoms with Gasteiger partial charge in [0.05, 0.1) is 12.7 Å². The third-order valence-corrected chi connectivity index (χ3v) is 5.40. The van der Waals surface area contributed by atoms with E-state index in [9.17, 15) is 9.59 Å². The molecule has 3 N–H and O–H groups in total. The van der Waals surface area contributed by atoms with Crippen LogP contribution in [0.5, 0.6) is 5.75 Å². The van der Waals surface area contributed by atoms with Crippen molar-refractivity contribution in [2.24, 2.45) is 0 Å². The quantitative estimate of drug-likeness (QED) is 0.437. The lowest BCUT2D eigenvalue weighted by Gasteiger charge is -2.17. The van der Waals surface area contributed by atoms with Crippen LogP contribution in [-0.2, 0) is 4.79 Å². The van der Waals surface area contributed by atoms with Gasteiger partial charge in [-0.3, -0.25) is 9.59 Å². The maximum Gasteiger partial charge on any atom is 0.267 e. The molecule has 0 saturated heterocycles. The van der Waals surface area contributed by atoms with Crippen molar-refractivity contribution >= 4 is 29.2 Å². The molecule has 0 atom stereocenters. The van der Waals surface area contributed by atoms with Crippen LogP contribution in [0.15, 0.2) is 24.3 Å². The number of hydrogen-bond donors (Lipinski definition) is 3. The van der Waals surface area contributed by atoms with E-state index in [-0.39, 0.29) is 11.8 Å². The summed E-state index contributed by atoms with van der Waals surface area (Å²) in [6.07, 6.45) is 2.67. The van der Waals surface area contributed by atoms with E-state index in [1.54, 1.807) is 13.2 Å². The number of ether oxygens (including phenoxy) is 1. The Morgan fingerprint density at radius 3 is 2.70 bits per heavy atom. The molecule has 1 aromatic heterocycles. The third-order valence-electron chi connectivity index (χ3n) is 5.40. The molecular formula is C23H30N4O3. The summed E-state index contributed by atoms with van der Waals surface area (Å²) in [5, 5.41) is 5.83. The minimum absolute atomic E-state index is 0.130. The molecule has 0 saturated carbocycles. The SMILES string of the molecule is CCN(CC)CCCNC(=O)c1[nH]c(/C=C2\C(=O)Nc3ccc(OC)cc32)cc1C. The fraction of sp³-hybridized carbons (Fsp3) is 0.391. The monoisotopic (exact) mass is 410 g/mol. The van der Waals surface area contributed by atoms with Crippen molar-refractivity contribution in [2.45, 2.75) is 27.2 Å². The Hall–Kier alpha value is -3.06. The molecule has 0 bridgehead atoms. The molecule has 1 aliphatic rings. The van der Waals surface area contributed by atoms with Crippen molar-refractivity contribution in [3.8, 4) is 5.75 Å². The molecule has 2 aromatic rings. The number of aromatic amines is 1. The molecule has 0 aliphatic carbocycles. The van der Waals surface area contributed by atoms with Gasteiger partial charge in [0.25, 0.3) is 11.8 Å². The highest BCUT2D eigenvalue weighted by Crippen LogP contribution is 2.35. The van der Waals surface area contributed by atoms with Gasteiger partial charge in [0.15, 0.2) is 0 Å². The summed E-state index contributed by atoms with van der Waals surface area (Å²) >= 11 is 0. The summed E-state index contributed by atoms with van der Waals surface area (Å²) in [6.45, 7) is 9.78. The van der Waals surface area contributed by atoms with Gasteiger partial charge in [-0.1, -0.05) is 13.8 Å². The summed E-state index contributed by atoms with van der Waals surface area (Å²) in [6, 6.07) is 7.34. The second-order valence-corrected chi connectivity index (χ2v) is 7.34. The molecule has 2 heterocycles. The smallest absolute Gasteiger partial charge is 0.267 e. The van der Waals surface area contributed by atoms with Gasteiger partial charge in [0.1, 0.15) is 11.4 Å². The van der Waals surface area contributed by atoms with Crippen molar-refractivity contribution < 1.29 is 14.3 Å². The fourth-order valence-electron chi connectivity index (χ4n) is 3.62. The van der Waals surface area contributed by atoms with E-state index < -0.39 is 0 Å². The number of carbonyl (C=O) groups excluding carboxylic acids is 2. The minimum atomic E-state index is -0.173. The number of anilines is 1. The number of aromatic nitrogens is 1. The van der Waals surface area contributed by atoms with E-state index in [1.165, 1.54) is 0 Å². The standard InChI is InChI=1S/C23H30N4O3/c1-5-27(6-2)11-7-10-24-23(29)21-15(3)12-16(25-21)13-19-18-14-17(30-4)8-9-20(18)26-22(19)28/h8-9,12-14,25H,5-7,10-11H2,1-4H3,(H,24,29)(H,26,28)/b19-13-. The molecule has 1 aromatic carbocycles. The largest absolute Gasteiger partial charge is 0.497 e. The molecule has 3 rings (SSSR count). The van der Waals surface area contributed by atoms with E-state index in [0.717, 1.165) is 42.9 Å². The highest BCUT2D eigenvalue weighted by Gasteiger charge is 2.25. The first-order valence-corrected chi connectivity index (χ1v) is 10.4. The Labute approximate surface area is 177 Å². The molecule has 160 valence electrons. The Balaban J connectivity index is 1.71. The summed E-state index contributed by atoms with van der Waals surface area (Å²) in [7, 11) is 1.59. The highest BCUT2D eigenvalue weighted by molar-refractivity contribution is 6.34. The summed E-state index contributed by atoms with van der Waals surface area (Å²) in [5.41, 5.74) is 4.15. The van der Waals surface area contributed by atoms with Crippen LogP contribution < -0.4 is 15.4 Å². The first kappa shape index (κ1) is 21.6. The lowest BCUT2D eigenvalue weighted by Crippen LogP contribution is -2.30. The summed E-state index contributed by atoms with van der Waals surface area (Å²) in [4.78, 5) is 30.5. The lowest BCUT2D eigenvalue weighted by atomic mass is 10.1. The molecule has 2 amide bonds. The maximum atomic E-state index is 12.6. The predicted molar refractivity (Wildman–Crippen MR) is 120 cm³/mol. The van der Waals surface area contributed by atoms with Gasteiger partial charge in [0.2, 0.25) is 0 Å². The number of methoxy groups -OCH3 is 1. The number of nitrogens with one attached hydrogen (secondary N) is 3. The summed E-state index contributed by atoms with van der Waals surface area (Å²) < 4.78 is 5.27. The van der Waals surface area contributed by atoms with Crippen molar-refractivity contribution in [3.05, 3.63) is 46.8 Å². The molecule has 0 spiro atoms. The zero-order chi connectivity index (χ0) is 21.7. The zero-order valence-corrected chi connectivity index (χ0v) is 18.1. The Morgan fingerprint density at radius 1 is 1.23 bits per heavy atom. The number of H-pyrrole nitrogens is 1. The van der Waals surface area contributed by atoms with Gasteiger partial charge >= 0.3 is 0 Å². The van der Waals surface area contributed by atoms with E-state index in [1.807, 2.05) is 31.2 Å². The van der Waals surface area contributed by atoms with Gasteiger partial charge in [-0.25, -0.2) is 0 Å². The first-order chi connectivity index (χ1) is 14.5. The van der Waals surface area contributed by atoms with Crippen LogP contribution in [0.4, 0.5) is 5.69 Å². The number of hydrogen-bond acceptors (Lipinski definition) is 4. The van der Waals surface area contributed by atoms with Crippen LogP contribution in [0.3, 0.4) is 0 Å². The maximum absolute atomic E-state index is 12.6. The first-order valence-electron chi connectivity index (χ1n) is 10.4. The van der Waals surface area contributed by atoms with Gasteiger partial charge in [-0.15, -0.1) is 0 Å². The topological polar surface area (TPSA) is 86.5 Å². The van der Waals surface area contributed by atoms with Crippen molar-refractivity contribution in [3.63, 3.8) is 0 Å². The summed E-state index contributed by atoms with van der Waals surface area (Å²) in [5.74, 6) is 0.381. The third kappa shape index (κ3) is 4.74. The van der Waals surface area contributed by atoms with Crippen molar-refractivity contribution in [2.75, 3.05) is 38.6 Å². The molecule has 30 heavy (non-hydrogen) atoms. The number of amides is 2. The van der Waals surface area contributed by atoms with E-state index in [2.05, 4.69) is 34.4 Å². The van der Waals surface area contributed by atoms with Gasteiger partial charge in [-0.2, -0.15) is 0 Å². The van der Waals surface area contributed by atoms with Crippen LogP contribution in [0.2, 0.25) is 0 Å². The molecule has 1 aliphatic heterocycles. The Bertz CT molecular complexity index is 957. The van der Waals surface area contributed by atoms with Crippen LogP contribution in [-0.4, -0.2) is 55.0 Å². The van der Waals surface area contributed by atoms with Crippen LogP contribution in [0.1, 0.15) is 47.6 Å². The van der Waals surface area contributed by atoms with E-state index in [4.69, 9.17) is 4.74 Å². The Kier molecular flexibility index (Phi) is 6.95. The molecule has 0 radical (unpaired) electrons. The van der Waals surface area contributed by atoms with Crippen LogP contribution >= 0.6 is 0 Å². The second-order valence-electron chi connectivity index (χ2n) is 7.34. The van der Waals surface area contributed by atoms with E-state index >= 15 is 0 Å². The van der Waals surface area contributed by atoms with E-state index in [0.29, 0.717) is 29.3 Å². The van der Waals surface area contributed by atoms with Crippen LogP contribution in [0.25, 0.3) is 11.6 Å². The second kappa shape index (κ2) is 9.63. The van der Waals surface area contributed by atoms with Crippen molar-refractivity contribution in [1.29, 1.82) is 0 Å². The molecule has 7 nitrogen and oxygen atoms in total. The van der Waals surface area contributed by atoms with Gasteiger partial charge in [-0.05, 0) is 68.9 Å². The lowest BCUT2D eigenvalue weighted by molar-refractivity contribution is -0.110. The normalized spacial score (nSPS) is 14.2. The number of aryl methyl sites for hydroxylation is 1. The number of fused-ring (bicyclic) bond motifs is 1. The Morgan fingerprint density at radius 2 is 2.00 bits per heavy atom. The number of benzene rings is 1. The molecule has 0 unspecified atom stereocenters. The minimum Gasteiger partial charge on any atom is -0.497 e. The average molecular weight is 411 g/mol. The highest BCUT2D eigenvalue weighted by atomic mass is 16.5. The fourth-order valence-corrected chi connectivity index (χ4v) is 3.62. The zero-order valence-electron chi connectivity index (χ0n) is 18.1. The molecule has 0 fully saturated rings. The average Bonchev–Trinajstić information content (AvgIpc) is 3.27. The predicted octanol–water partition coefficient (Wildman–Crippen LogP) is 3.29. The van der Waals surface area contributed by atoms with Crippen LogP contribution in [0, 0.1) is 6.92 Å². The van der Waals surface area contributed by atoms with Gasteiger partial charge < -0.3 is 25.3 Å². The van der Waals surface area contributed by atoms with Gasteiger partial charge in [0, 0.05) is 23.5 Å². The molecular weight excluding hydrogens is 380 g/mol. The van der Waals surface area contributed by atoms with Crippen molar-refractivity contribution in [1.82, 2.24) is 15.2 Å². The number of nitrogens with zero attached hydrogens (tertiary/aromatic N) is 1.